The molecule has 0 aliphatic heterocycles. The van der Waals surface area contributed by atoms with E-state index in [0.717, 1.165) is 19.3 Å². The van der Waals surface area contributed by atoms with Crippen molar-refractivity contribution in [2.45, 2.75) is 64.3 Å². The van der Waals surface area contributed by atoms with Gasteiger partial charge in [0, 0.05) is 0 Å². The van der Waals surface area contributed by atoms with E-state index >= 15 is 0 Å². The van der Waals surface area contributed by atoms with Crippen molar-refractivity contribution in [3.05, 3.63) is 0 Å². The van der Waals surface area contributed by atoms with Gasteiger partial charge in [-0.2, -0.15) is 0 Å². The summed E-state index contributed by atoms with van der Waals surface area (Å²) in [5, 5.41) is 10.9. The smallest absolute Gasteiger partial charge is 0.189 e. The maximum absolute atomic E-state index is 10.9. The van der Waals surface area contributed by atoms with Gasteiger partial charge in [0.15, 0.2) is 6.29 Å². The second-order valence-electron chi connectivity index (χ2n) is 3.78. The molecule has 0 spiro atoms. The Bertz CT molecular complexity index is 126. The van der Waals surface area contributed by atoms with Crippen molar-refractivity contribution >= 4 is 0 Å². The molecule has 12 heavy (non-hydrogen) atoms. The fraction of sp³-hybridized carbons (Fsp3) is 1.00. The van der Waals surface area contributed by atoms with Crippen LogP contribution >= 0.6 is 0 Å². The Balaban J connectivity index is 2.48. The van der Waals surface area contributed by atoms with Crippen LogP contribution in [0.5, 0.6) is 0 Å². The highest BCUT2D eigenvalue weighted by Crippen LogP contribution is 2.34. The predicted molar refractivity (Wildman–Crippen MR) is 47.3 cm³/mol. The molecular formula is C10H19O2. The molecule has 1 unspecified atom stereocenters. The largest absolute Gasteiger partial charge is 0.343 e. The van der Waals surface area contributed by atoms with Crippen LogP contribution in [-0.2, 0) is 9.84 Å². The maximum atomic E-state index is 10.9. The third-order valence-corrected chi connectivity index (χ3v) is 2.83. The summed E-state index contributed by atoms with van der Waals surface area (Å²) in [5.41, 5.74) is -0.0700. The SMILES string of the molecule is CCC1(OC(C)[O])CCCCC1. The zero-order chi connectivity index (χ0) is 9.03. The Morgan fingerprint density at radius 3 is 2.33 bits per heavy atom. The van der Waals surface area contributed by atoms with Gasteiger partial charge in [0.2, 0.25) is 0 Å². The molecule has 1 radical (unpaired) electrons. The molecule has 71 valence electrons. The molecule has 1 aliphatic carbocycles. The minimum absolute atomic E-state index is 0.0700. The van der Waals surface area contributed by atoms with Crippen molar-refractivity contribution in [3.63, 3.8) is 0 Å². The molecule has 0 amide bonds. The Morgan fingerprint density at radius 2 is 1.92 bits per heavy atom. The van der Waals surface area contributed by atoms with E-state index in [9.17, 15) is 5.11 Å². The second kappa shape index (κ2) is 4.24. The van der Waals surface area contributed by atoms with Gasteiger partial charge in [0.1, 0.15) is 0 Å². The minimum atomic E-state index is -0.858. The average Bonchev–Trinajstić information content (AvgIpc) is 2.05. The van der Waals surface area contributed by atoms with Crippen LogP contribution in [-0.4, -0.2) is 11.9 Å². The summed E-state index contributed by atoms with van der Waals surface area (Å²) in [4.78, 5) is 0. The lowest BCUT2D eigenvalue weighted by atomic mass is 9.83. The van der Waals surface area contributed by atoms with Crippen molar-refractivity contribution in [1.29, 1.82) is 0 Å². The summed E-state index contributed by atoms with van der Waals surface area (Å²) in [6, 6.07) is 0. The predicted octanol–water partition coefficient (Wildman–Crippen LogP) is 2.89. The molecule has 0 heterocycles. The highest BCUT2D eigenvalue weighted by Gasteiger charge is 2.32. The van der Waals surface area contributed by atoms with Crippen LogP contribution in [0.1, 0.15) is 52.4 Å². The van der Waals surface area contributed by atoms with Crippen molar-refractivity contribution < 1.29 is 9.84 Å². The van der Waals surface area contributed by atoms with Gasteiger partial charge in [-0.15, -0.1) is 0 Å². The first-order valence-corrected chi connectivity index (χ1v) is 5.02. The first kappa shape index (κ1) is 10.0. The van der Waals surface area contributed by atoms with Gasteiger partial charge in [-0.1, -0.05) is 26.2 Å². The van der Waals surface area contributed by atoms with E-state index in [1.165, 1.54) is 19.3 Å². The van der Waals surface area contributed by atoms with Crippen LogP contribution in [0.4, 0.5) is 0 Å². The third kappa shape index (κ3) is 2.46. The van der Waals surface area contributed by atoms with Gasteiger partial charge in [0.05, 0.1) is 5.60 Å². The fourth-order valence-corrected chi connectivity index (χ4v) is 2.10. The highest BCUT2D eigenvalue weighted by molar-refractivity contribution is 4.83. The molecule has 1 aliphatic rings. The van der Waals surface area contributed by atoms with Gasteiger partial charge < -0.3 is 4.74 Å². The first-order chi connectivity index (χ1) is 5.68. The van der Waals surface area contributed by atoms with E-state index in [4.69, 9.17) is 4.74 Å². The van der Waals surface area contributed by atoms with E-state index in [2.05, 4.69) is 6.92 Å². The number of hydrogen-bond donors (Lipinski definition) is 0. The van der Waals surface area contributed by atoms with Gasteiger partial charge in [0.25, 0.3) is 0 Å². The van der Waals surface area contributed by atoms with Crippen molar-refractivity contribution in [2.24, 2.45) is 0 Å². The van der Waals surface area contributed by atoms with Crippen molar-refractivity contribution in [2.75, 3.05) is 0 Å². The van der Waals surface area contributed by atoms with Gasteiger partial charge in [-0.25, -0.2) is 5.11 Å². The van der Waals surface area contributed by atoms with Crippen LogP contribution in [0, 0.1) is 0 Å². The lowest BCUT2D eigenvalue weighted by Crippen LogP contribution is -2.36. The van der Waals surface area contributed by atoms with E-state index < -0.39 is 6.29 Å². The van der Waals surface area contributed by atoms with E-state index in [1.807, 2.05) is 0 Å². The minimum Gasteiger partial charge on any atom is -0.343 e. The summed E-state index contributed by atoms with van der Waals surface area (Å²) in [7, 11) is 0. The fourth-order valence-electron chi connectivity index (χ4n) is 2.10. The summed E-state index contributed by atoms with van der Waals surface area (Å²) < 4.78 is 5.47. The Morgan fingerprint density at radius 1 is 1.33 bits per heavy atom. The lowest BCUT2D eigenvalue weighted by Gasteiger charge is -2.36. The monoisotopic (exact) mass is 171 g/mol. The van der Waals surface area contributed by atoms with Gasteiger partial charge >= 0.3 is 0 Å². The molecule has 0 aromatic heterocycles. The third-order valence-electron chi connectivity index (χ3n) is 2.83. The van der Waals surface area contributed by atoms with Crippen LogP contribution in [0.2, 0.25) is 0 Å². The molecule has 0 aromatic carbocycles. The quantitative estimate of drug-likeness (QED) is 0.600. The zero-order valence-corrected chi connectivity index (χ0v) is 8.14. The molecule has 0 bridgehead atoms. The van der Waals surface area contributed by atoms with Crippen molar-refractivity contribution in [3.8, 4) is 0 Å². The van der Waals surface area contributed by atoms with Crippen LogP contribution < -0.4 is 0 Å². The summed E-state index contributed by atoms with van der Waals surface area (Å²) in [5.74, 6) is 0. The summed E-state index contributed by atoms with van der Waals surface area (Å²) >= 11 is 0. The van der Waals surface area contributed by atoms with Gasteiger partial charge in [-0.05, 0) is 26.2 Å². The summed E-state index contributed by atoms with van der Waals surface area (Å²) in [6.45, 7) is 3.71. The second-order valence-corrected chi connectivity index (χ2v) is 3.78. The Kier molecular flexibility index (Phi) is 3.53. The molecule has 1 atom stereocenters. The van der Waals surface area contributed by atoms with E-state index in [0.29, 0.717) is 0 Å². The molecule has 1 fully saturated rings. The maximum Gasteiger partial charge on any atom is 0.189 e. The Labute approximate surface area is 74.9 Å². The highest BCUT2D eigenvalue weighted by atomic mass is 16.6. The average molecular weight is 171 g/mol. The molecular weight excluding hydrogens is 152 g/mol. The number of rotatable bonds is 3. The molecule has 0 saturated heterocycles. The standard InChI is InChI=1S/C10H19O2/c1-3-10(12-9(2)11)7-5-4-6-8-10/h9H,3-8H2,1-2H3. The van der Waals surface area contributed by atoms with Crippen LogP contribution in [0.25, 0.3) is 0 Å². The normalized spacial score (nSPS) is 25.2. The molecule has 1 saturated carbocycles. The zero-order valence-electron chi connectivity index (χ0n) is 8.14. The van der Waals surface area contributed by atoms with Gasteiger partial charge in [-0.3, -0.25) is 0 Å². The lowest BCUT2D eigenvalue weighted by molar-refractivity contribution is -0.213. The van der Waals surface area contributed by atoms with Crippen LogP contribution in [0.3, 0.4) is 0 Å². The molecule has 2 heteroatoms. The molecule has 0 N–H and O–H groups in total. The molecule has 1 rings (SSSR count). The number of ether oxygens (including phenoxy) is 1. The molecule has 2 nitrogen and oxygen atoms in total. The summed E-state index contributed by atoms with van der Waals surface area (Å²) in [6.07, 6.45) is 6.04. The van der Waals surface area contributed by atoms with Crippen LogP contribution in [0.15, 0.2) is 0 Å². The van der Waals surface area contributed by atoms with E-state index in [-0.39, 0.29) is 5.60 Å². The van der Waals surface area contributed by atoms with E-state index in [1.54, 1.807) is 6.92 Å². The number of hydrogen-bond acceptors (Lipinski definition) is 1. The topological polar surface area (TPSA) is 29.1 Å². The molecule has 0 aromatic rings. The van der Waals surface area contributed by atoms with Crippen molar-refractivity contribution in [1.82, 2.24) is 0 Å². The Hall–Kier alpha value is -0.0800. The first-order valence-electron chi connectivity index (χ1n) is 5.02.